The number of hydrogen-bond acceptors (Lipinski definition) is 4. The van der Waals surface area contributed by atoms with Gasteiger partial charge in [-0.05, 0) is 31.4 Å². The first-order chi connectivity index (χ1) is 10.5. The fourth-order valence-electron chi connectivity index (χ4n) is 2.23. The summed E-state index contributed by atoms with van der Waals surface area (Å²) in [6.07, 6.45) is 1.81. The van der Waals surface area contributed by atoms with Gasteiger partial charge in [-0.1, -0.05) is 11.8 Å². The van der Waals surface area contributed by atoms with E-state index in [0.29, 0.717) is 21.9 Å². The third-order valence-corrected chi connectivity index (χ3v) is 3.80. The summed E-state index contributed by atoms with van der Waals surface area (Å²) in [4.78, 5) is 20.8. The highest BCUT2D eigenvalue weighted by Crippen LogP contribution is 2.22. The smallest absolute Gasteiger partial charge is 0.256 e. The lowest BCUT2D eigenvalue weighted by molar-refractivity contribution is 0.577. The van der Waals surface area contributed by atoms with Crippen LogP contribution >= 0.6 is 11.8 Å². The van der Waals surface area contributed by atoms with E-state index in [9.17, 15) is 13.6 Å². The minimum Gasteiger partial charge on any atom is -0.269 e. The van der Waals surface area contributed by atoms with Crippen LogP contribution in [0.5, 0.6) is 0 Å². The van der Waals surface area contributed by atoms with Crippen molar-refractivity contribution in [1.82, 2.24) is 14.5 Å². The molecule has 3 aromatic rings. The minimum absolute atomic E-state index is 0.0397. The molecule has 2 aromatic heterocycles. The summed E-state index contributed by atoms with van der Waals surface area (Å²) in [7, 11) is 0. The van der Waals surface area contributed by atoms with E-state index < -0.39 is 17.2 Å². The summed E-state index contributed by atoms with van der Waals surface area (Å²) < 4.78 is 28.3. The third-order valence-electron chi connectivity index (χ3n) is 3.25. The predicted molar refractivity (Wildman–Crippen MR) is 81.6 cm³/mol. The van der Waals surface area contributed by atoms with E-state index in [1.807, 2.05) is 6.26 Å². The predicted octanol–water partition coefficient (Wildman–Crippen LogP) is 3.09. The molecular formula is C15H11F2N3OS. The van der Waals surface area contributed by atoms with Gasteiger partial charge >= 0.3 is 0 Å². The maximum atomic E-state index is 14.1. The Hall–Kier alpha value is -2.28. The summed E-state index contributed by atoms with van der Waals surface area (Å²) in [6.45, 7) is 1.79. The first-order valence-electron chi connectivity index (χ1n) is 6.41. The van der Waals surface area contributed by atoms with Crippen molar-refractivity contribution in [2.45, 2.75) is 12.1 Å². The molecule has 0 saturated carbocycles. The molecule has 22 heavy (non-hydrogen) atoms. The molecule has 0 amide bonds. The number of rotatable bonds is 2. The van der Waals surface area contributed by atoms with Crippen LogP contribution in [0.4, 0.5) is 8.78 Å². The molecule has 0 atom stereocenters. The average molecular weight is 319 g/mol. The average Bonchev–Trinajstić information content (AvgIpc) is 2.48. The van der Waals surface area contributed by atoms with Crippen molar-refractivity contribution in [3.63, 3.8) is 0 Å². The van der Waals surface area contributed by atoms with Crippen LogP contribution in [0.3, 0.4) is 0 Å². The topological polar surface area (TPSA) is 47.8 Å². The Morgan fingerprint density at radius 2 is 1.91 bits per heavy atom. The molecule has 3 rings (SSSR count). The van der Waals surface area contributed by atoms with Crippen molar-refractivity contribution >= 4 is 22.8 Å². The second-order valence-corrected chi connectivity index (χ2v) is 5.41. The summed E-state index contributed by atoms with van der Waals surface area (Å²) >= 11 is 1.32. The minimum atomic E-state index is -0.823. The molecule has 0 spiro atoms. The summed E-state index contributed by atoms with van der Waals surface area (Å²) in [5, 5.41) is 1.12. The quantitative estimate of drug-likeness (QED) is 0.538. The standard InChI is InChI=1S/C15H11F2N3OS/c1-8-10-4-6-13(21)20(14(10)19-15(18-8)22-2)12-5-3-9(16)7-11(12)17/h3-7H,1-2H3. The van der Waals surface area contributed by atoms with Gasteiger partial charge in [0.15, 0.2) is 10.8 Å². The second-order valence-electron chi connectivity index (χ2n) is 4.64. The van der Waals surface area contributed by atoms with Gasteiger partial charge in [-0.15, -0.1) is 0 Å². The molecular weight excluding hydrogens is 308 g/mol. The van der Waals surface area contributed by atoms with Gasteiger partial charge in [0.05, 0.1) is 11.4 Å². The van der Waals surface area contributed by atoms with Crippen LogP contribution < -0.4 is 5.56 Å². The Balaban J connectivity index is 2.44. The molecule has 112 valence electrons. The molecule has 7 heteroatoms. The number of hydrogen-bond donors (Lipinski definition) is 0. The molecule has 0 fully saturated rings. The van der Waals surface area contributed by atoms with E-state index in [-0.39, 0.29) is 5.69 Å². The Kier molecular flexibility index (Phi) is 3.66. The summed E-state index contributed by atoms with van der Waals surface area (Å²) in [5.74, 6) is -1.53. The number of aromatic nitrogens is 3. The number of halogens is 2. The van der Waals surface area contributed by atoms with Crippen LogP contribution in [0.2, 0.25) is 0 Å². The van der Waals surface area contributed by atoms with Crippen molar-refractivity contribution in [1.29, 1.82) is 0 Å². The van der Waals surface area contributed by atoms with Crippen LogP contribution in [0.25, 0.3) is 16.7 Å². The highest BCUT2D eigenvalue weighted by molar-refractivity contribution is 7.98. The molecule has 0 saturated heterocycles. The first-order valence-corrected chi connectivity index (χ1v) is 7.63. The normalized spacial score (nSPS) is 11.1. The Labute approximate surface area is 128 Å². The molecule has 1 aromatic carbocycles. The lowest BCUT2D eigenvalue weighted by atomic mass is 10.2. The van der Waals surface area contributed by atoms with E-state index in [1.165, 1.54) is 23.9 Å². The highest BCUT2D eigenvalue weighted by atomic mass is 32.2. The van der Waals surface area contributed by atoms with Crippen molar-refractivity contribution in [3.8, 4) is 5.69 Å². The zero-order chi connectivity index (χ0) is 15.9. The van der Waals surface area contributed by atoms with Gasteiger partial charge < -0.3 is 0 Å². The van der Waals surface area contributed by atoms with E-state index in [1.54, 1.807) is 13.0 Å². The number of benzene rings is 1. The summed E-state index contributed by atoms with van der Waals surface area (Å²) in [5.41, 5.74) is 0.505. The molecule has 0 aliphatic rings. The lowest BCUT2D eigenvalue weighted by Crippen LogP contribution is -2.20. The van der Waals surface area contributed by atoms with Gasteiger partial charge in [0.25, 0.3) is 5.56 Å². The molecule has 0 radical (unpaired) electrons. The van der Waals surface area contributed by atoms with Crippen LogP contribution in [-0.2, 0) is 0 Å². The van der Waals surface area contributed by atoms with Gasteiger partial charge in [-0.25, -0.2) is 18.7 Å². The van der Waals surface area contributed by atoms with Crippen LogP contribution in [0.15, 0.2) is 40.3 Å². The van der Waals surface area contributed by atoms with E-state index in [0.717, 1.165) is 16.7 Å². The molecule has 2 heterocycles. The molecule has 0 bridgehead atoms. The van der Waals surface area contributed by atoms with E-state index in [2.05, 4.69) is 9.97 Å². The van der Waals surface area contributed by atoms with Crippen molar-refractivity contribution in [2.75, 3.05) is 6.26 Å². The Morgan fingerprint density at radius 3 is 2.59 bits per heavy atom. The van der Waals surface area contributed by atoms with Gasteiger partial charge in [-0.2, -0.15) is 0 Å². The monoisotopic (exact) mass is 319 g/mol. The number of thioether (sulfide) groups is 1. The van der Waals surface area contributed by atoms with Crippen molar-refractivity contribution < 1.29 is 8.78 Å². The first kappa shape index (κ1) is 14.6. The maximum Gasteiger partial charge on any atom is 0.256 e. The highest BCUT2D eigenvalue weighted by Gasteiger charge is 2.14. The number of fused-ring (bicyclic) bond motifs is 1. The maximum absolute atomic E-state index is 14.1. The third kappa shape index (κ3) is 2.37. The van der Waals surface area contributed by atoms with Gasteiger partial charge in [0.2, 0.25) is 0 Å². The van der Waals surface area contributed by atoms with Crippen LogP contribution in [-0.4, -0.2) is 20.8 Å². The number of nitrogens with zero attached hydrogens (tertiary/aromatic N) is 3. The molecule has 0 N–H and O–H groups in total. The van der Waals surface area contributed by atoms with Gasteiger partial charge in [0, 0.05) is 17.5 Å². The fraction of sp³-hybridized carbons (Fsp3) is 0.133. The molecule has 0 unspecified atom stereocenters. The zero-order valence-corrected chi connectivity index (χ0v) is 12.6. The Bertz CT molecular complexity index is 940. The van der Waals surface area contributed by atoms with Crippen LogP contribution in [0.1, 0.15) is 5.69 Å². The van der Waals surface area contributed by atoms with E-state index in [4.69, 9.17) is 0 Å². The summed E-state index contributed by atoms with van der Waals surface area (Å²) in [6, 6.07) is 5.99. The largest absolute Gasteiger partial charge is 0.269 e. The van der Waals surface area contributed by atoms with E-state index >= 15 is 0 Å². The molecule has 4 nitrogen and oxygen atoms in total. The lowest BCUT2D eigenvalue weighted by Gasteiger charge is -2.12. The number of pyridine rings is 1. The fourth-order valence-corrected chi connectivity index (χ4v) is 2.63. The Morgan fingerprint density at radius 1 is 1.14 bits per heavy atom. The second kappa shape index (κ2) is 5.49. The molecule has 0 aliphatic carbocycles. The SMILES string of the molecule is CSc1nc(C)c2ccc(=O)n(-c3ccc(F)cc3F)c2n1. The van der Waals surface area contributed by atoms with Crippen molar-refractivity contribution in [2.24, 2.45) is 0 Å². The zero-order valence-electron chi connectivity index (χ0n) is 11.8. The van der Waals surface area contributed by atoms with Gasteiger partial charge in [-0.3, -0.25) is 9.36 Å². The van der Waals surface area contributed by atoms with Gasteiger partial charge in [0.1, 0.15) is 11.6 Å². The number of aryl methyl sites for hydroxylation is 1. The van der Waals surface area contributed by atoms with Crippen molar-refractivity contribution in [3.05, 3.63) is 58.0 Å². The molecule has 0 aliphatic heterocycles. The van der Waals surface area contributed by atoms with Crippen LogP contribution in [0, 0.1) is 18.6 Å².